The van der Waals surface area contributed by atoms with E-state index in [4.69, 9.17) is 10.2 Å². The maximum atomic E-state index is 10.4. The third-order valence-corrected chi connectivity index (χ3v) is 0.604. The normalized spacial score (nSPS) is 15.6. The van der Waals surface area contributed by atoms with E-state index >= 15 is 0 Å². The van der Waals surface area contributed by atoms with Crippen molar-refractivity contribution in [2.45, 2.75) is 26.4 Å². The first-order valence-corrected chi connectivity index (χ1v) is 2.85. The molecule has 0 aromatic carbocycles. The van der Waals surface area contributed by atoms with Gasteiger partial charge in [-0.1, -0.05) is 0 Å². The monoisotopic (exact) mass is 149 g/mol. The molecule has 3 N–H and O–H groups in total. The highest BCUT2D eigenvalue weighted by molar-refractivity contribution is 5.67. The van der Waals surface area contributed by atoms with Crippen molar-refractivity contribution < 1.29 is 19.7 Å². The van der Waals surface area contributed by atoms with E-state index in [2.05, 4.69) is 4.74 Å². The molecule has 0 aromatic rings. The second kappa shape index (κ2) is 4.08. The van der Waals surface area contributed by atoms with Gasteiger partial charge in [0.15, 0.2) is 6.29 Å². The Kier molecular flexibility index (Phi) is 3.75. The molecule has 10 heavy (non-hydrogen) atoms. The molecule has 0 aliphatic heterocycles. The van der Waals surface area contributed by atoms with Gasteiger partial charge in [-0.2, -0.15) is 0 Å². The van der Waals surface area contributed by atoms with Crippen LogP contribution >= 0.6 is 0 Å². The summed E-state index contributed by atoms with van der Waals surface area (Å²) in [6.07, 6.45) is -2.96. The molecule has 0 bridgehead atoms. The van der Waals surface area contributed by atoms with E-state index in [1.807, 2.05) is 5.32 Å². The Morgan fingerprint density at radius 1 is 1.50 bits per heavy atom. The van der Waals surface area contributed by atoms with Crippen molar-refractivity contribution in [2.24, 2.45) is 0 Å². The van der Waals surface area contributed by atoms with Crippen molar-refractivity contribution in [3.8, 4) is 0 Å². The van der Waals surface area contributed by atoms with E-state index in [0.717, 1.165) is 0 Å². The van der Waals surface area contributed by atoms with Gasteiger partial charge >= 0.3 is 6.09 Å². The van der Waals surface area contributed by atoms with Gasteiger partial charge in [0.1, 0.15) is 6.23 Å². The first kappa shape index (κ1) is 9.19. The molecule has 0 spiro atoms. The lowest BCUT2D eigenvalue weighted by molar-refractivity contribution is -0.0416. The van der Waals surface area contributed by atoms with Gasteiger partial charge in [-0.05, 0) is 13.8 Å². The van der Waals surface area contributed by atoms with Crippen molar-refractivity contribution in [1.82, 2.24) is 5.32 Å². The molecule has 2 atom stereocenters. The zero-order valence-electron chi connectivity index (χ0n) is 5.87. The molecule has 2 unspecified atom stereocenters. The number of carbonyl (C=O) groups excluding carboxylic acids is 1. The van der Waals surface area contributed by atoms with Gasteiger partial charge in [0.2, 0.25) is 0 Å². The third kappa shape index (κ3) is 5.33. The van der Waals surface area contributed by atoms with Crippen LogP contribution in [-0.2, 0) is 4.74 Å². The molecule has 0 rings (SSSR count). The quantitative estimate of drug-likeness (QED) is 0.457. The Morgan fingerprint density at radius 2 is 2.00 bits per heavy atom. The van der Waals surface area contributed by atoms with Gasteiger partial charge < -0.3 is 14.9 Å². The second-order valence-corrected chi connectivity index (χ2v) is 1.82. The minimum absolute atomic E-state index is 0.843. The van der Waals surface area contributed by atoms with E-state index in [1.54, 1.807) is 0 Å². The molecule has 5 nitrogen and oxygen atoms in total. The predicted octanol–water partition coefficient (Wildman–Crippen LogP) is -0.611. The highest BCUT2D eigenvalue weighted by Crippen LogP contribution is 1.85. The third-order valence-electron chi connectivity index (χ3n) is 0.604. The van der Waals surface area contributed by atoms with Crippen molar-refractivity contribution in [2.75, 3.05) is 0 Å². The average molecular weight is 149 g/mol. The van der Waals surface area contributed by atoms with Crippen molar-refractivity contribution in [1.29, 1.82) is 0 Å². The van der Waals surface area contributed by atoms with Gasteiger partial charge in [-0.25, -0.2) is 4.79 Å². The Balaban J connectivity index is 3.44. The maximum absolute atomic E-state index is 10.4. The fourth-order valence-electron chi connectivity index (χ4n) is 0.359. The van der Waals surface area contributed by atoms with Gasteiger partial charge in [-0.3, -0.25) is 5.32 Å². The Bertz CT molecular complexity index is 100. The van der Waals surface area contributed by atoms with Crippen LogP contribution in [0.4, 0.5) is 4.79 Å². The molecule has 60 valence electrons. The standard InChI is InChI=1S/C5H11NO4/c1-3(7)6-5(9)10-4(2)8/h3-4,7-8H,1-2H3,(H,6,9). The minimum atomic E-state index is -1.15. The number of carbonyl (C=O) groups is 1. The average Bonchev–Trinajstić information content (AvgIpc) is 1.58. The number of aliphatic hydroxyl groups is 2. The van der Waals surface area contributed by atoms with Crippen LogP contribution in [0.2, 0.25) is 0 Å². The summed E-state index contributed by atoms with van der Waals surface area (Å²) in [7, 11) is 0. The van der Waals surface area contributed by atoms with Gasteiger partial charge in [0.05, 0.1) is 0 Å². The molecule has 0 aliphatic rings. The zero-order valence-corrected chi connectivity index (χ0v) is 5.87. The number of ether oxygens (including phenoxy) is 1. The van der Waals surface area contributed by atoms with Crippen LogP contribution in [0.3, 0.4) is 0 Å². The summed E-state index contributed by atoms with van der Waals surface area (Å²) in [6, 6.07) is 0. The number of nitrogens with one attached hydrogen (secondary N) is 1. The van der Waals surface area contributed by atoms with Crippen LogP contribution in [-0.4, -0.2) is 28.8 Å². The lowest BCUT2D eigenvalue weighted by Crippen LogP contribution is -2.34. The Labute approximate surface area is 58.6 Å². The lowest BCUT2D eigenvalue weighted by Gasteiger charge is -2.09. The van der Waals surface area contributed by atoms with E-state index in [9.17, 15) is 4.79 Å². The lowest BCUT2D eigenvalue weighted by atomic mass is 10.7. The molecular formula is C5H11NO4. The van der Waals surface area contributed by atoms with Crippen LogP contribution in [0.1, 0.15) is 13.8 Å². The molecule has 5 heteroatoms. The SMILES string of the molecule is CC(O)NC(=O)OC(C)O. The van der Waals surface area contributed by atoms with Crippen molar-refractivity contribution >= 4 is 6.09 Å². The van der Waals surface area contributed by atoms with Crippen LogP contribution in [0.5, 0.6) is 0 Å². The van der Waals surface area contributed by atoms with Gasteiger partial charge in [-0.15, -0.1) is 0 Å². The summed E-state index contributed by atoms with van der Waals surface area (Å²) in [4.78, 5) is 10.4. The molecular weight excluding hydrogens is 138 g/mol. The second-order valence-electron chi connectivity index (χ2n) is 1.82. The summed E-state index contributed by atoms with van der Waals surface area (Å²) in [5, 5.41) is 19.0. The number of hydrogen-bond donors (Lipinski definition) is 3. The number of aliphatic hydroxyl groups excluding tert-OH is 2. The van der Waals surface area contributed by atoms with Gasteiger partial charge in [0.25, 0.3) is 0 Å². The Morgan fingerprint density at radius 3 is 2.30 bits per heavy atom. The van der Waals surface area contributed by atoms with E-state index < -0.39 is 18.6 Å². The molecule has 0 saturated carbocycles. The number of rotatable bonds is 2. The minimum Gasteiger partial charge on any atom is -0.420 e. The molecule has 0 radical (unpaired) electrons. The molecule has 0 fully saturated rings. The molecule has 1 amide bonds. The molecule has 0 saturated heterocycles. The van der Waals surface area contributed by atoms with E-state index in [-0.39, 0.29) is 0 Å². The molecule has 0 aliphatic carbocycles. The van der Waals surface area contributed by atoms with Crippen molar-refractivity contribution in [3.05, 3.63) is 0 Å². The van der Waals surface area contributed by atoms with Crippen LogP contribution in [0.15, 0.2) is 0 Å². The van der Waals surface area contributed by atoms with Gasteiger partial charge in [0, 0.05) is 0 Å². The van der Waals surface area contributed by atoms with Crippen molar-refractivity contribution in [3.63, 3.8) is 0 Å². The zero-order chi connectivity index (χ0) is 8.15. The Hall–Kier alpha value is -0.810. The largest absolute Gasteiger partial charge is 0.420 e. The number of amides is 1. The summed E-state index contributed by atoms with van der Waals surface area (Å²) in [6.45, 7) is 2.66. The highest BCUT2D eigenvalue weighted by Gasteiger charge is 2.06. The number of alkyl carbamates (subject to hydrolysis) is 1. The summed E-state index contributed by atoms with van der Waals surface area (Å²) in [5.74, 6) is 0. The van der Waals surface area contributed by atoms with E-state index in [0.29, 0.717) is 0 Å². The fraction of sp³-hybridized carbons (Fsp3) is 0.800. The van der Waals surface area contributed by atoms with Crippen LogP contribution < -0.4 is 5.32 Å². The molecule has 0 heterocycles. The highest BCUT2D eigenvalue weighted by atomic mass is 16.6. The summed E-state index contributed by atoms with van der Waals surface area (Å²) < 4.78 is 4.21. The topological polar surface area (TPSA) is 78.8 Å². The predicted molar refractivity (Wildman–Crippen MR) is 33.0 cm³/mol. The first-order chi connectivity index (χ1) is 4.52. The fourth-order valence-corrected chi connectivity index (χ4v) is 0.359. The molecule has 0 aromatic heterocycles. The smallest absolute Gasteiger partial charge is 0.411 e. The summed E-state index contributed by atoms with van der Waals surface area (Å²) in [5.41, 5.74) is 0. The van der Waals surface area contributed by atoms with E-state index in [1.165, 1.54) is 13.8 Å². The van der Waals surface area contributed by atoms with Crippen LogP contribution in [0, 0.1) is 0 Å². The number of hydrogen-bond acceptors (Lipinski definition) is 4. The summed E-state index contributed by atoms with van der Waals surface area (Å²) >= 11 is 0. The van der Waals surface area contributed by atoms with Crippen LogP contribution in [0.25, 0.3) is 0 Å². The first-order valence-electron chi connectivity index (χ1n) is 2.85. The maximum Gasteiger partial charge on any atom is 0.411 e.